The molecule has 0 aliphatic carbocycles. The molecule has 4 aromatic heterocycles. The number of ether oxygens (including phenoxy) is 2. The van der Waals surface area contributed by atoms with Gasteiger partial charge >= 0.3 is 0 Å². The van der Waals surface area contributed by atoms with E-state index in [1.165, 1.54) is 19.5 Å². The van der Waals surface area contributed by atoms with Crippen LogP contribution in [-0.2, 0) is 5.60 Å². The maximum Gasteiger partial charge on any atom is 0.167 e. The number of methoxy groups -OCH3 is 2. The highest BCUT2D eigenvalue weighted by molar-refractivity contribution is 14.1. The minimum Gasteiger partial charge on any atom is -0.493 e. The van der Waals surface area contributed by atoms with Crippen LogP contribution >= 0.6 is 45.8 Å². The first-order valence-electron chi connectivity index (χ1n) is 11.1. The Morgan fingerprint density at radius 3 is 2.08 bits per heavy atom. The van der Waals surface area contributed by atoms with Crippen molar-refractivity contribution in [1.29, 1.82) is 0 Å². The third-order valence-corrected chi connectivity index (χ3v) is 7.55. The summed E-state index contributed by atoms with van der Waals surface area (Å²) in [6.07, 6.45) is 10.5. The third kappa shape index (κ3) is 4.37. The van der Waals surface area contributed by atoms with E-state index in [1.54, 1.807) is 35.9 Å². The van der Waals surface area contributed by atoms with Gasteiger partial charge in [0.2, 0.25) is 0 Å². The Hall–Kier alpha value is -3.05. The molecule has 1 N–H and O–H groups in total. The molecule has 0 saturated heterocycles. The molecule has 0 bridgehead atoms. The summed E-state index contributed by atoms with van der Waals surface area (Å²) in [6.45, 7) is 0. The Kier molecular flexibility index (Phi) is 7.17. The summed E-state index contributed by atoms with van der Waals surface area (Å²) in [7, 11) is 3.06. The minimum atomic E-state index is -1.89. The van der Waals surface area contributed by atoms with Crippen molar-refractivity contribution in [2.75, 3.05) is 14.2 Å². The number of aromatic nitrogens is 4. The molecule has 4 heterocycles. The van der Waals surface area contributed by atoms with Gasteiger partial charge < -0.3 is 23.7 Å². The summed E-state index contributed by atoms with van der Waals surface area (Å²) < 4.78 is 15.7. The number of hydrogen-bond acceptors (Lipinski definition) is 5. The molecule has 0 fully saturated rings. The largest absolute Gasteiger partial charge is 0.493 e. The van der Waals surface area contributed by atoms with Crippen LogP contribution in [0.5, 0.6) is 11.5 Å². The molecule has 5 aromatic rings. The van der Waals surface area contributed by atoms with Gasteiger partial charge in [-0.25, -0.2) is 9.97 Å². The van der Waals surface area contributed by atoms with E-state index in [0.29, 0.717) is 48.4 Å². The number of halogens is 3. The van der Waals surface area contributed by atoms with Crippen LogP contribution in [0.3, 0.4) is 0 Å². The number of rotatable bonds is 7. The van der Waals surface area contributed by atoms with Gasteiger partial charge in [-0.05, 0) is 59.0 Å². The fraction of sp³-hybridized carbons (Fsp3) is 0.111. The summed E-state index contributed by atoms with van der Waals surface area (Å²) in [4.78, 5) is 9.16. The molecule has 1 atom stereocenters. The van der Waals surface area contributed by atoms with E-state index in [-0.39, 0.29) is 5.02 Å². The van der Waals surface area contributed by atoms with Crippen LogP contribution in [0, 0.1) is 3.57 Å². The summed E-state index contributed by atoms with van der Waals surface area (Å²) >= 11 is 15.5. The molecule has 188 valence electrons. The highest BCUT2D eigenvalue weighted by Gasteiger charge is 2.44. The van der Waals surface area contributed by atoms with Crippen molar-refractivity contribution in [2.45, 2.75) is 5.60 Å². The first kappa shape index (κ1) is 25.6. The number of para-hydroxylation sites is 1. The zero-order valence-corrected chi connectivity index (χ0v) is 23.4. The molecule has 0 saturated carbocycles. The molecule has 0 amide bonds. The highest BCUT2D eigenvalue weighted by atomic mass is 127. The van der Waals surface area contributed by atoms with Gasteiger partial charge in [0.25, 0.3) is 0 Å². The molecule has 1 aromatic carbocycles. The van der Waals surface area contributed by atoms with Gasteiger partial charge in [-0.3, -0.25) is 0 Å². The number of hydrogen-bond donors (Lipinski definition) is 1. The first-order valence-corrected chi connectivity index (χ1v) is 12.9. The standard InChI is InChI=1S/C27H21Cl2IN4O3/c1-36-21-9-7-8-18(24(21)37-2)27(35,19-14-17(28)15-31-25(19)33-10-3-4-11-33)22-20(29)16-32-26(23(22)30)34-12-5-6-13-34/h3-16,35H,1-2H3. The van der Waals surface area contributed by atoms with Crippen molar-refractivity contribution in [2.24, 2.45) is 0 Å². The van der Waals surface area contributed by atoms with E-state index in [2.05, 4.69) is 32.6 Å². The number of benzene rings is 1. The molecule has 7 nitrogen and oxygen atoms in total. The van der Waals surface area contributed by atoms with Gasteiger partial charge in [0.05, 0.1) is 27.8 Å². The highest BCUT2D eigenvalue weighted by Crippen LogP contribution is 2.50. The Bertz CT molecular complexity index is 1560. The predicted octanol–water partition coefficient (Wildman–Crippen LogP) is 6.27. The summed E-state index contributed by atoms with van der Waals surface area (Å²) in [6, 6.07) is 14.5. The second-order valence-electron chi connectivity index (χ2n) is 8.08. The second-order valence-corrected chi connectivity index (χ2v) is 10.00. The smallest absolute Gasteiger partial charge is 0.167 e. The lowest BCUT2D eigenvalue weighted by Gasteiger charge is -2.34. The monoisotopic (exact) mass is 646 g/mol. The average molecular weight is 647 g/mol. The summed E-state index contributed by atoms with van der Waals surface area (Å²) in [5, 5.41) is 13.7. The lowest BCUT2D eigenvalue weighted by atomic mass is 9.80. The van der Waals surface area contributed by atoms with Crippen molar-refractivity contribution in [1.82, 2.24) is 19.1 Å². The summed E-state index contributed by atoms with van der Waals surface area (Å²) in [5.74, 6) is 1.86. The van der Waals surface area contributed by atoms with Crippen molar-refractivity contribution in [3.05, 3.63) is 116 Å². The minimum absolute atomic E-state index is 0.256. The van der Waals surface area contributed by atoms with E-state index < -0.39 is 5.60 Å². The zero-order valence-electron chi connectivity index (χ0n) is 19.8. The van der Waals surface area contributed by atoms with Gasteiger partial charge in [-0.2, -0.15) is 0 Å². The van der Waals surface area contributed by atoms with Crippen molar-refractivity contribution >= 4 is 45.8 Å². The molecular weight excluding hydrogens is 626 g/mol. The number of pyridine rings is 2. The van der Waals surface area contributed by atoms with Gasteiger partial charge in [0.1, 0.15) is 5.82 Å². The van der Waals surface area contributed by atoms with E-state index in [9.17, 15) is 5.11 Å². The molecular formula is C27H21Cl2IN4O3. The van der Waals surface area contributed by atoms with Gasteiger partial charge in [0.15, 0.2) is 22.9 Å². The van der Waals surface area contributed by atoms with Crippen LogP contribution in [0.25, 0.3) is 11.6 Å². The lowest BCUT2D eigenvalue weighted by molar-refractivity contribution is 0.120. The van der Waals surface area contributed by atoms with E-state index in [4.69, 9.17) is 32.7 Å². The Morgan fingerprint density at radius 1 is 0.838 bits per heavy atom. The van der Waals surface area contributed by atoms with Crippen molar-refractivity contribution < 1.29 is 14.6 Å². The predicted molar refractivity (Wildman–Crippen MR) is 152 cm³/mol. The SMILES string of the molecule is COc1cccc(C(O)(c2cc(Cl)cnc2-n2cccc2)c2c(Cl)cnc(-n3cccc3)c2I)c1OC. The molecule has 10 heteroatoms. The van der Waals surface area contributed by atoms with Crippen LogP contribution in [0.1, 0.15) is 16.7 Å². The zero-order chi connectivity index (χ0) is 26.2. The van der Waals surface area contributed by atoms with Crippen LogP contribution in [0.15, 0.2) is 85.7 Å². The Balaban J connectivity index is 1.94. The number of aliphatic hydroxyl groups is 1. The molecule has 0 spiro atoms. The molecule has 0 aliphatic heterocycles. The molecule has 37 heavy (non-hydrogen) atoms. The normalized spacial score (nSPS) is 12.8. The molecule has 0 radical (unpaired) electrons. The summed E-state index contributed by atoms with van der Waals surface area (Å²) in [5.41, 5.74) is -0.698. The molecule has 5 rings (SSSR count). The topological polar surface area (TPSA) is 74.3 Å². The fourth-order valence-electron chi connectivity index (χ4n) is 4.41. The maximum atomic E-state index is 13.1. The quantitative estimate of drug-likeness (QED) is 0.211. The number of nitrogens with zero attached hydrogens (tertiary/aromatic N) is 4. The van der Waals surface area contributed by atoms with Crippen molar-refractivity contribution in [3.8, 4) is 23.1 Å². The van der Waals surface area contributed by atoms with Crippen LogP contribution in [0.2, 0.25) is 10.0 Å². The van der Waals surface area contributed by atoms with E-state index >= 15 is 0 Å². The van der Waals surface area contributed by atoms with Gasteiger partial charge in [0, 0.05) is 53.9 Å². The lowest BCUT2D eigenvalue weighted by Crippen LogP contribution is -2.33. The second kappa shape index (κ2) is 10.4. The van der Waals surface area contributed by atoms with Crippen LogP contribution in [-0.4, -0.2) is 38.4 Å². The average Bonchev–Trinajstić information content (AvgIpc) is 3.63. The van der Waals surface area contributed by atoms with Crippen LogP contribution < -0.4 is 9.47 Å². The Labute approximate surface area is 237 Å². The third-order valence-electron chi connectivity index (χ3n) is 6.03. The van der Waals surface area contributed by atoms with Crippen LogP contribution in [0.4, 0.5) is 0 Å². The van der Waals surface area contributed by atoms with E-state index in [1.807, 2.05) is 53.6 Å². The molecule has 1 unspecified atom stereocenters. The van der Waals surface area contributed by atoms with E-state index in [0.717, 1.165) is 0 Å². The maximum absolute atomic E-state index is 13.1. The van der Waals surface area contributed by atoms with Gasteiger partial charge in [-0.1, -0.05) is 35.3 Å². The Morgan fingerprint density at radius 2 is 1.46 bits per heavy atom. The van der Waals surface area contributed by atoms with Crippen molar-refractivity contribution in [3.63, 3.8) is 0 Å². The molecule has 0 aliphatic rings. The fourth-order valence-corrected chi connectivity index (χ4v) is 6.11. The van der Waals surface area contributed by atoms with Gasteiger partial charge in [-0.15, -0.1) is 0 Å². The first-order chi connectivity index (χ1) is 17.9.